The summed E-state index contributed by atoms with van der Waals surface area (Å²) in [4.78, 5) is 0. The van der Waals surface area contributed by atoms with Crippen LogP contribution in [0.4, 0.5) is 0 Å². The lowest BCUT2D eigenvalue weighted by atomic mass is 9.96. The van der Waals surface area contributed by atoms with Crippen molar-refractivity contribution in [2.75, 3.05) is 0 Å². The smallest absolute Gasteiger partial charge is 0.172 e. The normalized spacial score (nSPS) is 51.2. The molecule has 3 aliphatic heterocycles. The molecule has 0 aromatic heterocycles. The van der Waals surface area contributed by atoms with Crippen molar-refractivity contribution < 1.29 is 14.2 Å². The van der Waals surface area contributed by atoms with Crippen molar-refractivity contribution in [2.45, 2.75) is 89.0 Å². The van der Waals surface area contributed by atoms with E-state index >= 15 is 0 Å². The van der Waals surface area contributed by atoms with Gasteiger partial charge >= 0.3 is 0 Å². The Kier molecular flexibility index (Phi) is 2.96. The standard InChI is InChI=1S/C14H24O3/c1-11-5-3-7-13(15-11)9-10-14(17-13)8-4-6-12(2)16-14/h11-12H,3-10H2,1-2H3/t11-,12-,13+,14+/m0/s1. The molecular formula is C14H24O3. The molecule has 3 aliphatic rings. The van der Waals surface area contributed by atoms with Crippen molar-refractivity contribution in [1.82, 2.24) is 0 Å². The van der Waals surface area contributed by atoms with Gasteiger partial charge in [-0.2, -0.15) is 0 Å². The van der Waals surface area contributed by atoms with E-state index < -0.39 is 0 Å². The summed E-state index contributed by atoms with van der Waals surface area (Å²) in [5.41, 5.74) is 0. The van der Waals surface area contributed by atoms with Crippen LogP contribution in [0.3, 0.4) is 0 Å². The highest BCUT2D eigenvalue weighted by atomic mass is 16.8. The molecule has 0 unspecified atom stereocenters. The van der Waals surface area contributed by atoms with Crippen LogP contribution in [0.25, 0.3) is 0 Å². The average molecular weight is 240 g/mol. The van der Waals surface area contributed by atoms with Gasteiger partial charge in [0, 0.05) is 25.7 Å². The Morgan fingerprint density at radius 1 is 0.765 bits per heavy atom. The first-order chi connectivity index (χ1) is 8.12. The van der Waals surface area contributed by atoms with Crippen molar-refractivity contribution in [1.29, 1.82) is 0 Å². The predicted octanol–water partition coefficient (Wildman–Crippen LogP) is 3.37. The van der Waals surface area contributed by atoms with Gasteiger partial charge in [0.05, 0.1) is 12.2 Å². The van der Waals surface area contributed by atoms with Gasteiger partial charge in [0.15, 0.2) is 11.6 Å². The SMILES string of the molecule is C[C@H]1CCC[C@@]2(CC[C@@]3(CCC[C@H](C)O3)O2)O1. The Hall–Kier alpha value is -0.120. The average Bonchev–Trinajstić information content (AvgIpc) is 2.56. The molecule has 0 aliphatic carbocycles. The maximum absolute atomic E-state index is 6.31. The molecule has 3 rings (SSSR count). The number of hydrogen-bond acceptors (Lipinski definition) is 3. The fraction of sp³-hybridized carbons (Fsp3) is 1.00. The van der Waals surface area contributed by atoms with Crippen LogP contribution in [0.15, 0.2) is 0 Å². The predicted molar refractivity (Wildman–Crippen MR) is 64.6 cm³/mol. The van der Waals surface area contributed by atoms with E-state index in [0.29, 0.717) is 12.2 Å². The number of ether oxygens (including phenoxy) is 3. The minimum Gasteiger partial charge on any atom is -0.347 e. The molecule has 0 radical (unpaired) electrons. The second kappa shape index (κ2) is 4.22. The molecule has 98 valence electrons. The molecule has 3 heteroatoms. The van der Waals surface area contributed by atoms with E-state index in [4.69, 9.17) is 14.2 Å². The van der Waals surface area contributed by atoms with Crippen LogP contribution >= 0.6 is 0 Å². The van der Waals surface area contributed by atoms with E-state index in [2.05, 4.69) is 13.8 Å². The van der Waals surface area contributed by atoms with E-state index in [1.54, 1.807) is 0 Å². The lowest BCUT2D eigenvalue weighted by molar-refractivity contribution is -0.355. The number of rotatable bonds is 0. The fourth-order valence-electron chi connectivity index (χ4n) is 3.63. The number of hydrogen-bond donors (Lipinski definition) is 0. The first-order valence-electron chi connectivity index (χ1n) is 7.17. The molecule has 17 heavy (non-hydrogen) atoms. The van der Waals surface area contributed by atoms with Crippen LogP contribution in [0.5, 0.6) is 0 Å². The lowest BCUT2D eigenvalue weighted by Gasteiger charge is -2.42. The zero-order valence-electron chi connectivity index (χ0n) is 11.0. The van der Waals surface area contributed by atoms with Crippen LogP contribution in [-0.4, -0.2) is 23.8 Å². The molecule has 0 aromatic carbocycles. The third kappa shape index (κ3) is 2.25. The highest BCUT2D eigenvalue weighted by Crippen LogP contribution is 2.49. The molecule has 4 atom stereocenters. The minimum absolute atomic E-state index is 0.325. The summed E-state index contributed by atoms with van der Waals surface area (Å²) in [7, 11) is 0. The summed E-state index contributed by atoms with van der Waals surface area (Å²) in [5.74, 6) is -0.649. The molecular weight excluding hydrogens is 216 g/mol. The summed E-state index contributed by atoms with van der Waals surface area (Å²) in [6.45, 7) is 4.30. The van der Waals surface area contributed by atoms with Crippen LogP contribution < -0.4 is 0 Å². The first kappa shape index (κ1) is 11.9. The van der Waals surface area contributed by atoms with Gasteiger partial charge in [-0.3, -0.25) is 0 Å². The largest absolute Gasteiger partial charge is 0.347 e. The summed E-state index contributed by atoms with van der Waals surface area (Å²) >= 11 is 0. The highest BCUT2D eigenvalue weighted by molar-refractivity contribution is 4.91. The third-order valence-electron chi connectivity index (χ3n) is 4.43. The molecule has 0 N–H and O–H groups in total. The topological polar surface area (TPSA) is 27.7 Å². The zero-order chi connectivity index (χ0) is 11.9. The van der Waals surface area contributed by atoms with E-state index in [0.717, 1.165) is 38.5 Å². The maximum Gasteiger partial charge on any atom is 0.172 e. The molecule has 3 heterocycles. The minimum atomic E-state index is -0.325. The zero-order valence-corrected chi connectivity index (χ0v) is 11.0. The summed E-state index contributed by atoms with van der Waals surface area (Å²) in [6, 6.07) is 0. The van der Waals surface area contributed by atoms with E-state index in [1.807, 2.05) is 0 Å². The van der Waals surface area contributed by atoms with Crippen LogP contribution in [0, 0.1) is 0 Å². The lowest BCUT2D eigenvalue weighted by Crippen LogP contribution is -2.46. The molecule has 0 amide bonds. The van der Waals surface area contributed by atoms with Crippen molar-refractivity contribution >= 4 is 0 Å². The van der Waals surface area contributed by atoms with Gasteiger partial charge in [-0.05, 0) is 39.5 Å². The van der Waals surface area contributed by atoms with Crippen LogP contribution in [-0.2, 0) is 14.2 Å². The van der Waals surface area contributed by atoms with E-state index in [-0.39, 0.29) is 11.6 Å². The Morgan fingerprint density at radius 3 is 1.65 bits per heavy atom. The summed E-state index contributed by atoms with van der Waals surface area (Å²) in [5, 5.41) is 0. The van der Waals surface area contributed by atoms with Crippen molar-refractivity contribution in [3.8, 4) is 0 Å². The van der Waals surface area contributed by atoms with Gasteiger partial charge in [-0.15, -0.1) is 0 Å². The van der Waals surface area contributed by atoms with Gasteiger partial charge in [0.25, 0.3) is 0 Å². The molecule has 3 fully saturated rings. The Balaban J connectivity index is 1.71. The molecule has 0 saturated carbocycles. The second-order valence-corrected chi connectivity index (χ2v) is 6.06. The van der Waals surface area contributed by atoms with Crippen LogP contribution in [0.1, 0.15) is 65.2 Å². The van der Waals surface area contributed by atoms with Crippen molar-refractivity contribution in [3.63, 3.8) is 0 Å². The quantitative estimate of drug-likeness (QED) is 0.649. The Bertz CT molecular complexity index is 265. The van der Waals surface area contributed by atoms with Gasteiger partial charge in [0.2, 0.25) is 0 Å². The van der Waals surface area contributed by atoms with Gasteiger partial charge in [-0.1, -0.05) is 0 Å². The fourth-order valence-corrected chi connectivity index (χ4v) is 3.63. The van der Waals surface area contributed by atoms with Crippen molar-refractivity contribution in [3.05, 3.63) is 0 Å². The van der Waals surface area contributed by atoms with Gasteiger partial charge < -0.3 is 14.2 Å². The van der Waals surface area contributed by atoms with Gasteiger partial charge in [0.1, 0.15) is 0 Å². The van der Waals surface area contributed by atoms with Crippen molar-refractivity contribution in [2.24, 2.45) is 0 Å². The molecule has 0 aromatic rings. The van der Waals surface area contributed by atoms with Crippen LogP contribution in [0.2, 0.25) is 0 Å². The Morgan fingerprint density at radius 2 is 1.24 bits per heavy atom. The van der Waals surface area contributed by atoms with E-state index in [1.165, 1.54) is 12.8 Å². The van der Waals surface area contributed by atoms with Gasteiger partial charge in [-0.25, -0.2) is 0 Å². The maximum atomic E-state index is 6.31. The second-order valence-electron chi connectivity index (χ2n) is 6.06. The molecule has 3 nitrogen and oxygen atoms in total. The molecule has 3 saturated heterocycles. The monoisotopic (exact) mass is 240 g/mol. The summed E-state index contributed by atoms with van der Waals surface area (Å²) in [6.07, 6.45) is 9.51. The third-order valence-corrected chi connectivity index (χ3v) is 4.43. The van der Waals surface area contributed by atoms with E-state index in [9.17, 15) is 0 Å². The summed E-state index contributed by atoms with van der Waals surface area (Å²) < 4.78 is 18.5. The first-order valence-corrected chi connectivity index (χ1v) is 7.17. The highest BCUT2D eigenvalue weighted by Gasteiger charge is 2.53. The molecule has 2 spiro atoms. The molecule has 0 bridgehead atoms. The Labute approximate surface area is 104 Å².